The van der Waals surface area contributed by atoms with E-state index >= 15 is 0 Å². The number of benzene rings is 1. The summed E-state index contributed by atoms with van der Waals surface area (Å²) in [6.07, 6.45) is 3.06. The number of alkyl carbamates (subject to hydrolysis) is 1. The Kier molecular flexibility index (Phi) is 8.90. The molecule has 11 heteroatoms. The van der Waals surface area contributed by atoms with Gasteiger partial charge in [-0.15, -0.1) is 15.3 Å². The van der Waals surface area contributed by atoms with Crippen LogP contribution >= 0.6 is 23.1 Å². The number of rotatable bonds is 10. The number of nitrogens with one attached hydrogen (secondary N) is 2. The third kappa shape index (κ3) is 7.69. The van der Waals surface area contributed by atoms with E-state index in [1.165, 1.54) is 23.1 Å². The number of anilines is 1. The van der Waals surface area contributed by atoms with Crippen molar-refractivity contribution >= 4 is 45.7 Å². The van der Waals surface area contributed by atoms with Crippen LogP contribution in [0.15, 0.2) is 22.5 Å². The average Bonchev–Trinajstić information content (AvgIpc) is 3.31. The largest absolute Gasteiger partial charge is 0.444 e. The van der Waals surface area contributed by atoms with Crippen molar-refractivity contribution < 1.29 is 14.3 Å². The normalized spacial score (nSPS) is 11.6. The fourth-order valence-electron chi connectivity index (χ4n) is 3.26. The van der Waals surface area contributed by atoms with Gasteiger partial charge in [0.2, 0.25) is 10.9 Å². The summed E-state index contributed by atoms with van der Waals surface area (Å²) in [6, 6.07) is 5.95. The molecule has 3 aromatic rings. The van der Waals surface area contributed by atoms with Gasteiger partial charge in [-0.25, -0.2) is 4.79 Å². The van der Waals surface area contributed by atoms with Crippen molar-refractivity contribution in [3.05, 3.63) is 35.2 Å². The molecular formula is C23H32N6O3S2. The molecule has 0 aliphatic rings. The lowest BCUT2D eigenvalue weighted by molar-refractivity contribution is -0.113. The Morgan fingerprint density at radius 3 is 2.56 bits per heavy atom. The second kappa shape index (κ2) is 11.7. The van der Waals surface area contributed by atoms with Crippen molar-refractivity contribution in [3.63, 3.8) is 0 Å². The van der Waals surface area contributed by atoms with Crippen LogP contribution in [0.2, 0.25) is 0 Å². The summed E-state index contributed by atoms with van der Waals surface area (Å²) < 4.78 is 7.76. The standard InChI is InChI=1S/C23H32N6O3S2/c1-15-10-9-11-16(2)19(15)25-18(30)14-33-22-28-29-17(26-27-20(29)34-22)12-7-6-8-13-24-21(31)32-23(3,4)5/h9-11H,6-8,12-14H2,1-5H3,(H,24,31)(H,25,30). The van der Waals surface area contributed by atoms with Crippen LogP contribution < -0.4 is 10.6 Å². The van der Waals surface area contributed by atoms with Gasteiger partial charge in [-0.2, -0.15) is 4.52 Å². The molecule has 0 spiro atoms. The number of carbonyl (C=O) groups is 2. The summed E-state index contributed by atoms with van der Waals surface area (Å²) in [5, 5.41) is 18.8. The molecule has 0 saturated heterocycles. The molecule has 34 heavy (non-hydrogen) atoms. The van der Waals surface area contributed by atoms with Crippen molar-refractivity contribution in [2.75, 3.05) is 17.6 Å². The number of hydrogen-bond acceptors (Lipinski definition) is 8. The zero-order valence-electron chi connectivity index (χ0n) is 20.3. The number of carbonyl (C=O) groups excluding carboxylic acids is 2. The Morgan fingerprint density at radius 1 is 1.12 bits per heavy atom. The Labute approximate surface area is 208 Å². The molecule has 0 bridgehead atoms. The van der Waals surface area contributed by atoms with Crippen molar-refractivity contribution in [1.82, 2.24) is 25.1 Å². The van der Waals surface area contributed by atoms with E-state index in [1.54, 1.807) is 4.52 Å². The summed E-state index contributed by atoms with van der Waals surface area (Å²) in [5.41, 5.74) is 2.47. The van der Waals surface area contributed by atoms with Crippen molar-refractivity contribution in [3.8, 4) is 0 Å². The SMILES string of the molecule is Cc1cccc(C)c1NC(=O)CSc1nn2c(CCCCCNC(=O)OC(C)(C)C)nnc2s1. The molecule has 9 nitrogen and oxygen atoms in total. The van der Waals surface area contributed by atoms with Gasteiger partial charge >= 0.3 is 6.09 Å². The van der Waals surface area contributed by atoms with E-state index in [-0.39, 0.29) is 17.8 Å². The van der Waals surface area contributed by atoms with Gasteiger partial charge in [0, 0.05) is 18.7 Å². The van der Waals surface area contributed by atoms with Crippen LogP contribution in [-0.2, 0) is 16.0 Å². The van der Waals surface area contributed by atoms with Gasteiger partial charge in [-0.3, -0.25) is 4.79 Å². The summed E-state index contributed by atoms with van der Waals surface area (Å²) in [5.74, 6) is 1.02. The highest BCUT2D eigenvalue weighted by atomic mass is 32.2. The fourth-order valence-corrected chi connectivity index (χ4v) is 4.95. The molecule has 0 saturated carbocycles. The van der Waals surface area contributed by atoms with E-state index in [4.69, 9.17) is 4.74 Å². The minimum absolute atomic E-state index is 0.0615. The number of hydrogen-bond donors (Lipinski definition) is 2. The number of fused-ring (bicyclic) bond motifs is 1. The van der Waals surface area contributed by atoms with Crippen molar-refractivity contribution in [1.29, 1.82) is 0 Å². The second-order valence-corrected chi connectivity index (χ2v) is 11.2. The van der Waals surface area contributed by atoms with Gasteiger partial charge in [-0.1, -0.05) is 47.7 Å². The van der Waals surface area contributed by atoms with E-state index in [1.807, 2.05) is 52.8 Å². The van der Waals surface area contributed by atoms with Crippen LogP contribution in [0.5, 0.6) is 0 Å². The fraction of sp³-hybridized carbons (Fsp3) is 0.522. The molecule has 0 fully saturated rings. The van der Waals surface area contributed by atoms with E-state index in [0.717, 1.165) is 57.6 Å². The van der Waals surface area contributed by atoms with Gasteiger partial charge in [-0.05, 0) is 58.6 Å². The Balaban J connectivity index is 1.41. The van der Waals surface area contributed by atoms with Crippen LogP contribution in [0.4, 0.5) is 10.5 Å². The highest BCUT2D eigenvalue weighted by Crippen LogP contribution is 2.26. The first kappa shape index (κ1) is 26.0. The Bertz CT molecular complexity index is 1120. The first-order valence-corrected chi connectivity index (χ1v) is 13.1. The number of aryl methyl sites for hydroxylation is 3. The topological polar surface area (TPSA) is 111 Å². The van der Waals surface area contributed by atoms with E-state index in [9.17, 15) is 9.59 Å². The third-order valence-corrected chi connectivity index (χ3v) is 6.89. The lowest BCUT2D eigenvalue weighted by atomic mass is 10.1. The molecule has 1 aromatic carbocycles. The maximum absolute atomic E-state index is 12.4. The zero-order valence-corrected chi connectivity index (χ0v) is 21.9. The van der Waals surface area contributed by atoms with Gasteiger partial charge in [0.15, 0.2) is 10.2 Å². The number of amides is 2. The minimum Gasteiger partial charge on any atom is -0.444 e. The quantitative estimate of drug-likeness (QED) is 0.302. The molecular weight excluding hydrogens is 472 g/mol. The lowest BCUT2D eigenvalue weighted by Crippen LogP contribution is -2.32. The van der Waals surface area contributed by atoms with Crippen LogP contribution in [-0.4, -0.2) is 49.7 Å². The molecule has 0 aliphatic heterocycles. The van der Waals surface area contributed by atoms with Crippen LogP contribution in [0, 0.1) is 13.8 Å². The Morgan fingerprint density at radius 2 is 1.85 bits per heavy atom. The summed E-state index contributed by atoms with van der Waals surface area (Å²) in [4.78, 5) is 24.8. The maximum Gasteiger partial charge on any atom is 0.407 e. The predicted octanol–water partition coefficient (Wildman–Crippen LogP) is 4.77. The van der Waals surface area contributed by atoms with Gasteiger partial charge < -0.3 is 15.4 Å². The minimum atomic E-state index is -0.489. The molecule has 184 valence electrons. The molecule has 2 heterocycles. The maximum atomic E-state index is 12.4. The zero-order chi connectivity index (χ0) is 24.7. The third-order valence-electron chi connectivity index (χ3n) is 4.85. The Hall–Kier alpha value is -2.66. The number of unbranched alkanes of at least 4 members (excludes halogenated alkanes) is 2. The monoisotopic (exact) mass is 504 g/mol. The van der Waals surface area contributed by atoms with Crippen LogP contribution in [0.1, 0.15) is 57.0 Å². The van der Waals surface area contributed by atoms with Crippen molar-refractivity contribution in [2.45, 2.75) is 70.2 Å². The lowest BCUT2D eigenvalue weighted by Gasteiger charge is -2.19. The average molecular weight is 505 g/mol. The summed E-state index contributed by atoms with van der Waals surface area (Å²) in [7, 11) is 0. The molecule has 2 aromatic heterocycles. The molecule has 2 amide bonds. The number of nitrogens with zero attached hydrogens (tertiary/aromatic N) is 4. The number of aromatic nitrogens is 4. The predicted molar refractivity (Wildman–Crippen MR) is 136 cm³/mol. The molecule has 3 rings (SSSR count). The van der Waals surface area contributed by atoms with Gasteiger partial charge in [0.1, 0.15) is 5.60 Å². The van der Waals surface area contributed by atoms with Crippen molar-refractivity contribution in [2.24, 2.45) is 0 Å². The van der Waals surface area contributed by atoms with Crippen LogP contribution in [0.25, 0.3) is 4.96 Å². The van der Waals surface area contributed by atoms with E-state index in [0.29, 0.717) is 6.54 Å². The number of ether oxygens (including phenoxy) is 1. The van der Waals surface area contributed by atoms with E-state index < -0.39 is 5.60 Å². The molecule has 0 atom stereocenters. The highest BCUT2D eigenvalue weighted by molar-refractivity contribution is 8.01. The number of para-hydroxylation sites is 1. The highest BCUT2D eigenvalue weighted by Gasteiger charge is 2.16. The van der Waals surface area contributed by atoms with Gasteiger partial charge in [0.25, 0.3) is 0 Å². The molecule has 0 radical (unpaired) electrons. The first-order chi connectivity index (χ1) is 16.1. The molecule has 0 aliphatic carbocycles. The first-order valence-electron chi connectivity index (χ1n) is 11.3. The second-order valence-electron chi connectivity index (χ2n) is 9.02. The molecule has 2 N–H and O–H groups in total. The smallest absolute Gasteiger partial charge is 0.407 e. The summed E-state index contributed by atoms with van der Waals surface area (Å²) >= 11 is 2.82. The molecule has 0 unspecified atom stereocenters. The van der Waals surface area contributed by atoms with E-state index in [2.05, 4.69) is 25.9 Å². The summed E-state index contributed by atoms with van der Waals surface area (Å²) in [6.45, 7) is 10.1. The van der Waals surface area contributed by atoms with Crippen LogP contribution in [0.3, 0.4) is 0 Å². The number of thioether (sulfide) groups is 1. The van der Waals surface area contributed by atoms with Gasteiger partial charge in [0.05, 0.1) is 5.75 Å².